The number of unbranched alkanes of at least 4 members (excludes halogenated alkanes) is 36. The van der Waals surface area contributed by atoms with E-state index in [2.05, 4.69) is 55.4 Å². The molecule has 0 heterocycles. The highest BCUT2D eigenvalue weighted by Gasteiger charge is 2.30. The topological polar surface area (TPSA) is 237 Å². The smallest absolute Gasteiger partial charge is 0.462 e. The van der Waals surface area contributed by atoms with E-state index in [1.54, 1.807) is 0 Å². The SMILES string of the molecule is CCC(C)CCCCCCCCCCCCCCCCC(=O)OC[C@H](COP(=O)(O)OCC(O)COP(=O)(O)OC[C@@H](COC(=O)CCCCCCCCCCC(C)C)OC(=O)CCCCCCCCCC(C)C)OC(=O)CCCCCCCCCCCCCC(C)C. The molecule has 0 aliphatic rings. The Bertz CT molecular complexity index is 1840. The van der Waals surface area contributed by atoms with Gasteiger partial charge < -0.3 is 33.8 Å². The summed E-state index contributed by atoms with van der Waals surface area (Å²) in [5, 5.41) is 10.6. The second kappa shape index (κ2) is 63.5. The molecule has 0 rings (SSSR count). The van der Waals surface area contributed by atoms with Gasteiger partial charge in [-0.2, -0.15) is 0 Å². The lowest BCUT2D eigenvalue weighted by atomic mass is 9.99. The lowest BCUT2D eigenvalue weighted by Crippen LogP contribution is -2.30. The predicted octanol–water partition coefficient (Wildman–Crippen LogP) is 21.3. The molecule has 0 fully saturated rings. The van der Waals surface area contributed by atoms with Crippen molar-refractivity contribution in [2.45, 2.75) is 388 Å². The summed E-state index contributed by atoms with van der Waals surface area (Å²) in [5.41, 5.74) is 0. The Morgan fingerprint density at radius 3 is 0.763 bits per heavy atom. The van der Waals surface area contributed by atoms with E-state index in [-0.39, 0.29) is 25.7 Å². The van der Waals surface area contributed by atoms with Crippen LogP contribution in [0.2, 0.25) is 0 Å². The van der Waals surface area contributed by atoms with Crippen molar-refractivity contribution in [1.29, 1.82) is 0 Å². The first kappa shape index (κ1) is 91.1. The molecular weight excluding hydrogens is 1220 g/mol. The highest BCUT2D eigenvalue weighted by molar-refractivity contribution is 7.47. The van der Waals surface area contributed by atoms with E-state index >= 15 is 0 Å². The number of carbonyl (C=O) groups is 4. The number of esters is 4. The molecule has 19 heteroatoms. The normalized spacial score (nSPS) is 14.5. The monoisotopic (exact) mass is 1370 g/mol. The Morgan fingerprint density at radius 1 is 0.301 bits per heavy atom. The molecule has 552 valence electrons. The molecule has 0 amide bonds. The molecule has 0 aromatic carbocycles. The van der Waals surface area contributed by atoms with Crippen LogP contribution in [-0.2, 0) is 65.4 Å². The summed E-state index contributed by atoms with van der Waals surface area (Å²) in [5.74, 6) is 0.911. The van der Waals surface area contributed by atoms with Crippen LogP contribution < -0.4 is 0 Å². The lowest BCUT2D eigenvalue weighted by molar-refractivity contribution is -0.161. The van der Waals surface area contributed by atoms with Crippen molar-refractivity contribution in [3.8, 4) is 0 Å². The second-order valence-corrected chi connectivity index (χ2v) is 31.3. The molecule has 0 saturated heterocycles. The van der Waals surface area contributed by atoms with Crippen LogP contribution in [0.15, 0.2) is 0 Å². The average molecular weight is 1370 g/mol. The van der Waals surface area contributed by atoms with Crippen molar-refractivity contribution in [3.63, 3.8) is 0 Å². The Hall–Kier alpha value is -1.94. The average Bonchev–Trinajstić information content (AvgIpc) is 3.66. The largest absolute Gasteiger partial charge is 0.472 e. The Labute approximate surface area is 568 Å². The van der Waals surface area contributed by atoms with Crippen LogP contribution in [0.3, 0.4) is 0 Å². The molecule has 0 radical (unpaired) electrons. The highest BCUT2D eigenvalue weighted by Crippen LogP contribution is 2.45. The number of hydrogen-bond acceptors (Lipinski definition) is 15. The number of phosphoric acid groups is 2. The number of ether oxygens (including phenoxy) is 4. The lowest BCUT2D eigenvalue weighted by Gasteiger charge is -2.21. The number of aliphatic hydroxyl groups excluding tert-OH is 1. The highest BCUT2D eigenvalue weighted by atomic mass is 31.2. The summed E-state index contributed by atoms with van der Waals surface area (Å²) in [6, 6.07) is 0. The van der Waals surface area contributed by atoms with Gasteiger partial charge in [0.2, 0.25) is 0 Å². The fourth-order valence-electron chi connectivity index (χ4n) is 11.2. The van der Waals surface area contributed by atoms with E-state index in [4.69, 9.17) is 37.0 Å². The number of aliphatic hydroxyl groups is 1. The van der Waals surface area contributed by atoms with Gasteiger partial charge in [0.05, 0.1) is 26.4 Å². The van der Waals surface area contributed by atoms with E-state index in [0.29, 0.717) is 31.6 Å². The van der Waals surface area contributed by atoms with Crippen molar-refractivity contribution >= 4 is 39.5 Å². The zero-order valence-electron chi connectivity index (χ0n) is 60.9. The van der Waals surface area contributed by atoms with Gasteiger partial charge in [0, 0.05) is 25.7 Å². The Kier molecular flexibility index (Phi) is 62.2. The van der Waals surface area contributed by atoms with Crippen molar-refractivity contribution in [2.24, 2.45) is 23.7 Å². The minimum Gasteiger partial charge on any atom is -0.462 e. The van der Waals surface area contributed by atoms with Crippen LogP contribution >= 0.6 is 15.6 Å². The summed E-state index contributed by atoms with van der Waals surface area (Å²) in [7, 11) is -9.91. The summed E-state index contributed by atoms with van der Waals surface area (Å²) < 4.78 is 68.4. The van der Waals surface area contributed by atoms with Gasteiger partial charge in [0.15, 0.2) is 12.2 Å². The number of hydrogen-bond donors (Lipinski definition) is 3. The fourth-order valence-corrected chi connectivity index (χ4v) is 12.7. The third-order valence-corrected chi connectivity index (χ3v) is 19.3. The maximum atomic E-state index is 13.1. The van der Waals surface area contributed by atoms with Gasteiger partial charge >= 0.3 is 39.5 Å². The molecule has 6 atom stereocenters. The molecule has 0 aliphatic heterocycles. The molecule has 0 spiro atoms. The number of rotatable bonds is 71. The molecule has 93 heavy (non-hydrogen) atoms. The van der Waals surface area contributed by atoms with Crippen LogP contribution in [0.4, 0.5) is 0 Å². The zero-order valence-corrected chi connectivity index (χ0v) is 62.7. The number of carbonyl (C=O) groups excluding carboxylic acids is 4. The minimum absolute atomic E-state index is 0.103. The van der Waals surface area contributed by atoms with Gasteiger partial charge in [-0.15, -0.1) is 0 Å². The van der Waals surface area contributed by atoms with Gasteiger partial charge in [0.25, 0.3) is 0 Å². The molecule has 0 aliphatic carbocycles. The van der Waals surface area contributed by atoms with E-state index < -0.39 is 97.5 Å². The first-order chi connectivity index (χ1) is 44.6. The third-order valence-electron chi connectivity index (χ3n) is 17.4. The standard InChI is InChI=1S/C74H144O17P2/c1-9-67(8)53-45-37-29-20-16-12-10-11-13-17-21-30-38-46-54-71(76)84-60-69(90-73(78)56-48-40-32-22-18-14-15-19-26-34-42-50-64(2)3)62-88-92(80,81)86-58-68(75)59-87-93(82,83)89-63-70(91-74(79)57-49-41-33-25-28-36-44-52-66(6)7)61-85-72(77)55-47-39-31-24-23-27-35-43-51-65(4)5/h64-70,75H,9-63H2,1-8H3,(H,80,81)(H,82,83)/t67?,68?,69-,70-/m1/s1. The van der Waals surface area contributed by atoms with Crippen molar-refractivity contribution in [2.75, 3.05) is 39.6 Å². The molecule has 0 bridgehead atoms. The Morgan fingerprint density at radius 2 is 0.516 bits per heavy atom. The van der Waals surface area contributed by atoms with E-state index in [1.807, 2.05) is 0 Å². The summed E-state index contributed by atoms with van der Waals surface area (Å²) in [4.78, 5) is 72.7. The molecule has 0 aromatic rings. The van der Waals surface area contributed by atoms with Crippen molar-refractivity contribution in [3.05, 3.63) is 0 Å². The van der Waals surface area contributed by atoms with Crippen LogP contribution in [0, 0.1) is 23.7 Å². The second-order valence-electron chi connectivity index (χ2n) is 28.4. The minimum atomic E-state index is -4.96. The fraction of sp³-hybridized carbons (Fsp3) is 0.946. The van der Waals surface area contributed by atoms with Crippen LogP contribution in [0.1, 0.15) is 370 Å². The summed E-state index contributed by atoms with van der Waals surface area (Å²) in [6.45, 7) is 14.1. The van der Waals surface area contributed by atoms with Gasteiger partial charge in [0.1, 0.15) is 19.3 Å². The third kappa shape index (κ3) is 67.0. The molecular formula is C74H144O17P2. The van der Waals surface area contributed by atoms with E-state index in [0.717, 1.165) is 108 Å². The number of phosphoric ester groups is 2. The first-order valence-electron chi connectivity index (χ1n) is 38.2. The van der Waals surface area contributed by atoms with E-state index in [9.17, 15) is 43.2 Å². The van der Waals surface area contributed by atoms with Crippen molar-refractivity contribution in [1.82, 2.24) is 0 Å². The maximum absolute atomic E-state index is 13.1. The molecule has 4 unspecified atom stereocenters. The van der Waals surface area contributed by atoms with Crippen molar-refractivity contribution < 1.29 is 80.2 Å². The molecule has 3 N–H and O–H groups in total. The van der Waals surface area contributed by atoms with Gasteiger partial charge in [-0.1, -0.05) is 319 Å². The van der Waals surface area contributed by atoms with E-state index in [1.165, 1.54) is 173 Å². The molecule has 0 aromatic heterocycles. The van der Waals surface area contributed by atoms with Crippen LogP contribution in [0.25, 0.3) is 0 Å². The summed E-state index contributed by atoms with van der Waals surface area (Å²) >= 11 is 0. The Balaban J connectivity index is 5.23. The zero-order chi connectivity index (χ0) is 68.9. The summed E-state index contributed by atoms with van der Waals surface area (Å²) in [6.07, 6.45) is 47.3. The van der Waals surface area contributed by atoms with Crippen LogP contribution in [0.5, 0.6) is 0 Å². The van der Waals surface area contributed by atoms with Gasteiger partial charge in [-0.25, -0.2) is 9.13 Å². The maximum Gasteiger partial charge on any atom is 0.472 e. The van der Waals surface area contributed by atoms with Gasteiger partial charge in [-0.3, -0.25) is 37.3 Å². The van der Waals surface area contributed by atoms with Crippen LogP contribution in [-0.4, -0.2) is 96.7 Å². The molecule has 17 nitrogen and oxygen atoms in total. The molecule has 0 saturated carbocycles. The first-order valence-corrected chi connectivity index (χ1v) is 41.2. The predicted molar refractivity (Wildman–Crippen MR) is 377 cm³/mol. The van der Waals surface area contributed by atoms with Gasteiger partial charge in [-0.05, 0) is 49.4 Å². The quantitative estimate of drug-likeness (QED) is 0.0222.